The number of aryl methyl sites for hydroxylation is 2. The van der Waals surface area contributed by atoms with E-state index in [9.17, 15) is 8.42 Å². The number of rotatable bonds is 3. The molecular weight excluding hydrogens is 387 g/mol. The van der Waals surface area contributed by atoms with E-state index in [0.29, 0.717) is 11.2 Å². The number of nitrogens with zero attached hydrogens (tertiary/aromatic N) is 2. The maximum absolute atomic E-state index is 13.2. The van der Waals surface area contributed by atoms with Gasteiger partial charge in [-0.25, -0.2) is 0 Å². The summed E-state index contributed by atoms with van der Waals surface area (Å²) in [6.07, 6.45) is 0. The fraction of sp³-hybridized carbons (Fsp3) is 0.381. The van der Waals surface area contributed by atoms with Gasteiger partial charge >= 0.3 is 7.12 Å². The van der Waals surface area contributed by atoms with Crippen LogP contribution >= 0.6 is 0 Å². The molecule has 0 radical (unpaired) electrons. The molecule has 0 saturated carbocycles. The van der Waals surface area contributed by atoms with Crippen molar-refractivity contribution in [2.45, 2.75) is 57.6 Å². The first-order valence-electron chi connectivity index (χ1n) is 9.60. The van der Waals surface area contributed by atoms with Crippen molar-refractivity contribution in [2.75, 3.05) is 0 Å². The van der Waals surface area contributed by atoms with Gasteiger partial charge in [0.25, 0.3) is 10.0 Å². The fourth-order valence-corrected chi connectivity index (χ4v) is 4.83. The van der Waals surface area contributed by atoms with Crippen LogP contribution in [0.4, 0.5) is 0 Å². The summed E-state index contributed by atoms with van der Waals surface area (Å²) >= 11 is 0. The largest absolute Gasteiger partial charge is 0.495 e. The zero-order valence-corrected chi connectivity index (χ0v) is 18.4. The average molecular weight is 412 g/mol. The summed E-state index contributed by atoms with van der Waals surface area (Å²) < 4.78 is 40.0. The standard InChI is InChI=1S/C21H25BN2O4S/c1-14-10-12-16(13-11-14)29(25,26)24-18-9-7-8-17(19(18)15(2)23-24)22-27-20(3,4)21(5,6)28-22/h7-13H,1-6H3. The highest BCUT2D eigenvalue weighted by Crippen LogP contribution is 2.37. The third kappa shape index (κ3) is 3.10. The molecule has 0 N–H and O–H groups in total. The van der Waals surface area contributed by atoms with E-state index in [-0.39, 0.29) is 4.90 Å². The van der Waals surface area contributed by atoms with Crippen LogP contribution in [0.15, 0.2) is 47.4 Å². The molecule has 0 unspecified atom stereocenters. The average Bonchev–Trinajstić information content (AvgIpc) is 3.09. The van der Waals surface area contributed by atoms with Gasteiger partial charge < -0.3 is 9.31 Å². The van der Waals surface area contributed by atoms with Gasteiger partial charge in [0.05, 0.1) is 27.3 Å². The Morgan fingerprint density at radius 3 is 2.10 bits per heavy atom. The SMILES string of the molecule is Cc1ccc(S(=O)(=O)n2nc(C)c3c(B4OC(C)(C)C(C)(C)O4)cccc32)cc1. The van der Waals surface area contributed by atoms with Crippen LogP contribution in [0.5, 0.6) is 0 Å². The van der Waals surface area contributed by atoms with Crippen molar-refractivity contribution in [3.63, 3.8) is 0 Å². The highest BCUT2D eigenvalue weighted by molar-refractivity contribution is 7.90. The lowest BCUT2D eigenvalue weighted by molar-refractivity contribution is 0.00578. The van der Waals surface area contributed by atoms with Crippen molar-refractivity contribution in [2.24, 2.45) is 0 Å². The third-order valence-electron chi connectivity index (χ3n) is 5.94. The second-order valence-electron chi connectivity index (χ2n) is 8.58. The van der Waals surface area contributed by atoms with Gasteiger partial charge in [-0.15, -0.1) is 0 Å². The zero-order chi connectivity index (χ0) is 21.2. The fourth-order valence-electron chi connectivity index (χ4n) is 3.51. The number of benzene rings is 2. The Morgan fingerprint density at radius 2 is 1.52 bits per heavy atom. The van der Waals surface area contributed by atoms with E-state index in [4.69, 9.17) is 9.31 Å². The van der Waals surface area contributed by atoms with Crippen molar-refractivity contribution in [1.82, 2.24) is 9.19 Å². The molecule has 1 aromatic heterocycles. The molecule has 0 spiro atoms. The van der Waals surface area contributed by atoms with Gasteiger partial charge in [0.1, 0.15) is 0 Å². The molecule has 1 aliphatic rings. The van der Waals surface area contributed by atoms with Gasteiger partial charge in [0, 0.05) is 5.39 Å². The minimum atomic E-state index is -3.82. The molecule has 2 heterocycles. The van der Waals surface area contributed by atoms with Crippen molar-refractivity contribution in [1.29, 1.82) is 0 Å². The van der Waals surface area contributed by atoms with Crippen LogP contribution in [0.25, 0.3) is 10.9 Å². The summed E-state index contributed by atoms with van der Waals surface area (Å²) in [6.45, 7) is 11.7. The van der Waals surface area contributed by atoms with E-state index in [1.54, 1.807) is 37.3 Å². The Balaban J connectivity index is 1.87. The maximum atomic E-state index is 13.2. The number of hydrogen-bond donors (Lipinski definition) is 0. The first-order chi connectivity index (χ1) is 13.4. The van der Waals surface area contributed by atoms with Crippen LogP contribution in [0.2, 0.25) is 0 Å². The first-order valence-corrected chi connectivity index (χ1v) is 11.0. The highest BCUT2D eigenvalue weighted by Gasteiger charge is 2.52. The molecule has 8 heteroatoms. The van der Waals surface area contributed by atoms with Crippen LogP contribution < -0.4 is 5.46 Å². The van der Waals surface area contributed by atoms with E-state index in [2.05, 4.69) is 5.10 Å². The van der Waals surface area contributed by atoms with Gasteiger partial charge in [0.2, 0.25) is 0 Å². The number of hydrogen-bond acceptors (Lipinski definition) is 5. The normalized spacial score (nSPS) is 18.5. The lowest BCUT2D eigenvalue weighted by atomic mass is 9.76. The predicted molar refractivity (Wildman–Crippen MR) is 114 cm³/mol. The van der Waals surface area contributed by atoms with Crippen molar-refractivity contribution >= 4 is 33.5 Å². The summed E-state index contributed by atoms with van der Waals surface area (Å²) in [4.78, 5) is 0.202. The lowest BCUT2D eigenvalue weighted by Crippen LogP contribution is -2.41. The molecular formula is C21H25BN2O4S. The Kier molecular flexibility index (Phi) is 4.46. The van der Waals surface area contributed by atoms with E-state index in [1.807, 2.05) is 46.8 Å². The molecule has 0 bridgehead atoms. The summed E-state index contributed by atoms with van der Waals surface area (Å²) in [6, 6.07) is 12.2. The highest BCUT2D eigenvalue weighted by atomic mass is 32.2. The second-order valence-corrected chi connectivity index (χ2v) is 10.3. The van der Waals surface area contributed by atoms with Crippen molar-refractivity contribution in [3.05, 3.63) is 53.7 Å². The van der Waals surface area contributed by atoms with Crippen LogP contribution in [0, 0.1) is 13.8 Å². The Labute approximate surface area is 172 Å². The molecule has 0 amide bonds. The molecule has 1 fully saturated rings. The van der Waals surface area contributed by atoms with Gasteiger partial charge in [-0.05, 0) is 65.2 Å². The summed E-state index contributed by atoms with van der Waals surface area (Å²) in [7, 11) is -4.42. The quantitative estimate of drug-likeness (QED) is 0.618. The topological polar surface area (TPSA) is 70.4 Å². The molecule has 29 heavy (non-hydrogen) atoms. The van der Waals surface area contributed by atoms with Crippen LogP contribution in [0.1, 0.15) is 39.0 Å². The molecule has 1 saturated heterocycles. The Hall–Kier alpha value is -2.16. The monoisotopic (exact) mass is 412 g/mol. The van der Waals surface area contributed by atoms with E-state index in [0.717, 1.165) is 20.5 Å². The molecule has 6 nitrogen and oxygen atoms in total. The lowest BCUT2D eigenvalue weighted by Gasteiger charge is -2.32. The molecule has 3 aromatic rings. The molecule has 0 aliphatic carbocycles. The minimum Gasteiger partial charge on any atom is -0.399 e. The van der Waals surface area contributed by atoms with Crippen molar-refractivity contribution in [3.8, 4) is 0 Å². The van der Waals surface area contributed by atoms with Gasteiger partial charge in [-0.2, -0.15) is 17.6 Å². The minimum absolute atomic E-state index is 0.202. The van der Waals surface area contributed by atoms with Crippen LogP contribution in [-0.2, 0) is 19.3 Å². The molecule has 0 atom stereocenters. The molecule has 152 valence electrons. The number of aromatic nitrogens is 2. The predicted octanol–water partition coefficient (Wildman–Crippen LogP) is 3.19. The van der Waals surface area contributed by atoms with E-state index in [1.165, 1.54) is 0 Å². The van der Waals surface area contributed by atoms with Crippen LogP contribution in [-0.4, -0.2) is 35.9 Å². The van der Waals surface area contributed by atoms with E-state index < -0.39 is 28.3 Å². The number of fused-ring (bicyclic) bond motifs is 1. The van der Waals surface area contributed by atoms with Gasteiger partial charge in [-0.1, -0.05) is 29.8 Å². The zero-order valence-electron chi connectivity index (χ0n) is 17.6. The molecule has 2 aromatic carbocycles. The summed E-state index contributed by atoms with van der Waals surface area (Å²) in [5, 5.41) is 5.12. The maximum Gasteiger partial charge on any atom is 0.495 e. The second kappa shape index (κ2) is 6.42. The van der Waals surface area contributed by atoms with Crippen LogP contribution in [0.3, 0.4) is 0 Å². The molecule has 4 rings (SSSR count). The smallest absolute Gasteiger partial charge is 0.399 e. The van der Waals surface area contributed by atoms with E-state index >= 15 is 0 Å². The van der Waals surface area contributed by atoms with Crippen molar-refractivity contribution < 1.29 is 17.7 Å². The summed E-state index contributed by atoms with van der Waals surface area (Å²) in [5.41, 5.74) is 1.92. The Morgan fingerprint density at radius 1 is 0.931 bits per heavy atom. The first kappa shape index (κ1) is 20.1. The third-order valence-corrected chi connectivity index (χ3v) is 7.54. The summed E-state index contributed by atoms with van der Waals surface area (Å²) in [5.74, 6) is 0. The molecule has 1 aliphatic heterocycles. The Bertz CT molecular complexity index is 1180. The van der Waals surface area contributed by atoms with Gasteiger partial charge in [-0.3, -0.25) is 0 Å². The van der Waals surface area contributed by atoms with Gasteiger partial charge in [0.15, 0.2) is 0 Å².